The topological polar surface area (TPSA) is 62.7 Å². The number of nitrogens with zero attached hydrogens (tertiary/aromatic N) is 2. The predicted molar refractivity (Wildman–Crippen MR) is 90.5 cm³/mol. The average Bonchev–Trinajstić information content (AvgIpc) is 2.62. The van der Waals surface area contributed by atoms with E-state index in [1.807, 2.05) is 6.07 Å². The number of amides is 1. The normalized spacial score (nSPS) is 20.3. The Bertz CT molecular complexity index is 711. The number of benzene rings is 1. The summed E-state index contributed by atoms with van der Waals surface area (Å²) >= 11 is 0. The highest BCUT2D eigenvalue weighted by molar-refractivity contribution is 5.77. The molecule has 0 saturated carbocycles. The molecule has 0 radical (unpaired) electrons. The highest BCUT2D eigenvalue weighted by Gasteiger charge is 2.30. The fourth-order valence-electron chi connectivity index (χ4n) is 3.08. The van der Waals surface area contributed by atoms with Gasteiger partial charge in [0, 0.05) is 19.3 Å². The molecule has 0 unspecified atom stereocenters. The summed E-state index contributed by atoms with van der Waals surface area (Å²) in [5.74, 6) is 0.127. The summed E-state index contributed by atoms with van der Waals surface area (Å²) in [4.78, 5) is 17.8. The van der Waals surface area contributed by atoms with Gasteiger partial charge in [0.25, 0.3) is 5.91 Å². The number of carbonyl (C=O) groups is 1. The van der Waals surface area contributed by atoms with Gasteiger partial charge in [-0.2, -0.15) is 0 Å². The fraction of sp³-hybridized carbons (Fsp3) is 0.368. The van der Waals surface area contributed by atoms with Crippen molar-refractivity contribution in [3.8, 4) is 5.75 Å². The molecule has 1 aliphatic heterocycles. The second-order valence-corrected chi connectivity index (χ2v) is 6.27. The number of aliphatic hydroxyl groups excluding tert-OH is 1. The predicted octanol–water partition coefficient (Wildman–Crippen LogP) is 2.05. The minimum atomic E-state index is -0.626. The Morgan fingerprint density at radius 1 is 1.36 bits per heavy atom. The second-order valence-electron chi connectivity index (χ2n) is 6.27. The first-order chi connectivity index (χ1) is 12.1. The maximum atomic E-state index is 13.3. The Balaban J connectivity index is 1.50. The number of pyridine rings is 1. The molecule has 3 rings (SSSR count). The Morgan fingerprint density at radius 2 is 2.24 bits per heavy atom. The SMILES string of the molecule is O=C(COc1cccnc1)N1CC[C@H](Cc2cccc(F)c2)[C@@H](O)C1. The van der Waals surface area contributed by atoms with Crippen LogP contribution in [0, 0.1) is 11.7 Å². The summed E-state index contributed by atoms with van der Waals surface area (Å²) in [5.41, 5.74) is 0.865. The van der Waals surface area contributed by atoms with E-state index in [1.54, 1.807) is 35.5 Å². The summed E-state index contributed by atoms with van der Waals surface area (Å²) < 4.78 is 18.7. The molecule has 0 bridgehead atoms. The molecule has 132 valence electrons. The number of piperidine rings is 1. The third-order valence-corrected chi connectivity index (χ3v) is 4.46. The van der Waals surface area contributed by atoms with Crippen molar-refractivity contribution in [2.75, 3.05) is 19.7 Å². The van der Waals surface area contributed by atoms with Gasteiger partial charge in [0.15, 0.2) is 6.61 Å². The van der Waals surface area contributed by atoms with Crippen LogP contribution in [0.4, 0.5) is 4.39 Å². The Labute approximate surface area is 146 Å². The molecule has 25 heavy (non-hydrogen) atoms. The fourth-order valence-corrected chi connectivity index (χ4v) is 3.08. The van der Waals surface area contributed by atoms with Crippen LogP contribution in [-0.4, -0.2) is 46.7 Å². The van der Waals surface area contributed by atoms with E-state index < -0.39 is 6.10 Å². The van der Waals surface area contributed by atoms with Crippen molar-refractivity contribution in [2.45, 2.75) is 18.9 Å². The zero-order valence-electron chi connectivity index (χ0n) is 13.8. The number of β-amino-alcohol motifs (C(OH)–C–C–N with tert-alkyl or cyclic N) is 1. The van der Waals surface area contributed by atoms with Crippen LogP contribution in [0.3, 0.4) is 0 Å². The smallest absolute Gasteiger partial charge is 0.260 e. The van der Waals surface area contributed by atoms with Gasteiger partial charge in [-0.05, 0) is 48.6 Å². The van der Waals surface area contributed by atoms with Crippen LogP contribution in [0.5, 0.6) is 5.75 Å². The van der Waals surface area contributed by atoms with Gasteiger partial charge in [-0.3, -0.25) is 9.78 Å². The molecular formula is C19H21FN2O3. The number of aliphatic hydroxyl groups is 1. The molecule has 2 heterocycles. The molecule has 6 heteroatoms. The maximum Gasteiger partial charge on any atom is 0.260 e. The third-order valence-electron chi connectivity index (χ3n) is 4.46. The molecule has 1 fully saturated rings. The highest BCUT2D eigenvalue weighted by Crippen LogP contribution is 2.23. The maximum absolute atomic E-state index is 13.3. The van der Waals surface area contributed by atoms with Gasteiger partial charge < -0.3 is 14.7 Å². The first kappa shape index (κ1) is 17.4. The van der Waals surface area contributed by atoms with Gasteiger partial charge in [-0.1, -0.05) is 12.1 Å². The van der Waals surface area contributed by atoms with Crippen LogP contribution in [-0.2, 0) is 11.2 Å². The van der Waals surface area contributed by atoms with Crippen molar-refractivity contribution in [1.29, 1.82) is 0 Å². The van der Waals surface area contributed by atoms with Gasteiger partial charge >= 0.3 is 0 Å². The van der Waals surface area contributed by atoms with Crippen molar-refractivity contribution in [3.63, 3.8) is 0 Å². The Morgan fingerprint density at radius 3 is 2.96 bits per heavy atom. The highest BCUT2D eigenvalue weighted by atomic mass is 19.1. The average molecular weight is 344 g/mol. The molecule has 2 aromatic rings. The number of aromatic nitrogens is 1. The standard InChI is InChI=1S/C19H21FN2O3/c20-16-4-1-3-14(10-16)9-15-6-8-22(12-18(15)23)19(24)13-25-17-5-2-7-21-11-17/h1-5,7,10-11,15,18,23H,6,8-9,12-13H2/t15-,18+/m1/s1. The van der Waals surface area contributed by atoms with Crippen LogP contribution < -0.4 is 4.74 Å². The van der Waals surface area contributed by atoms with E-state index in [0.29, 0.717) is 25.1 Å². The summed E-state index contributed by atoms with van der Waals surface area (Å²) in [6.07, 6.45) is 3.84. The molecule has 5 nitrogen and oxygen atoms in total. The number of rotatable bonds is 5. The molecular weight excluding hydrogens is 323 g/mol. The van der Waals surface area contributed by atoms with Gasteiger partial charge in [0.1, 0.15) is 11.6 Å². The quantitative estimate of drug-likeness (QED) is 0.902. The van der Waals surface area contributed by atoms with E-state index in [9.17, 15) is 14.3 Å². The Hall–Kier alpha value is -2.47. The molecule has 1 saturated heterocycles. The van der Waals surface area contributed by atoms with E-state index in [2.05, 4.69) is 4.98 Å². The molecule has 0 spiro atoms. The van der Waals surface area contributed by atoms with Crippen LogP contribution in [0.1, 0.15) is 12.0 Å². The molecule has 0 aliphatic carbocycles. The van der Waals surface area contributed by atoms with E-state index in [0.717, 1.165) is 5.56 Å². The van der Waals surface area contributed by atoms with E-state index in [4.69, 9.17) is 4.74 Å². The Kier molecular flexibility index (Phi) is 5.60. The van der Waals surface area contributed by atoms with Gasteiger partial charge in [-0.25, -0.2) is 4.39 Å². The van der Waals surface area contributed by atoms with Crippen LogP contribution in [0.15, 0.2) is 48.8 Å². The minimum Gasteiger partial charge on any atom is -0.482 e. The molecule has 2 atom stereocenters. The molecule has 1 amide bonds. The van der Waals surface area contributed by atoms with E-state index in [-0.39, 0.29) is 30.8 Å². The van der Waals surface area contributed by atoms with Crippen molar-refractivity contribution in [1.82, 2.24) is 9.88 Å². The summed E-state index contributed by atoms with van der Waals surface area (Å²) in [6, 6.07) is 9.90. The molecule has 1 aromatic carbocycles. The minimum absolute atomic E-state index is 0.0186. The summed E-state index contributed by atoms with van der Waals surface area (Å²) in [5, 5.41) is 10.4. The lowest BCUT2D eigenvalue weighted by Gasteiger charge is -2.36. The zero-order valence-corrected chi connectivity index (χ0v) is 13.8. The van der Waals surface area contributed by atoms with E-state index in [1.165, 1.54) is 12.1 Å². The van der Waals surface area contributed by atoms with Gasteiger partial charge in [-0.15, -0.1) is 0 Å². The van der Waals surface area contributed by atoms with E-state index >= 15 is 0 Å². The van der Waals surface area contributed by atoms with Crippen LogP contribution >= 0.6 is 0 Å². The largest absolute Gasteiger partial charge is 0.482 e. The van der Waals surface area contributed by atoms with Crippen LogP contribution in [0.25, 0.3) is 0 Å². The lowest BCUT2D eigenvalue weighted by atomic mass is 9.88. The van der Waals surface area contributed by atoms with Crippen molar-refractivity contribution < 1.29 is 19.0 Å². The lowest BCUT2D eigenvalue weighted by Crippen LogP contribution is -2.48. The second kappa shape index (κ2) is 8.07. The molecule has 1 aromatic heterocycles. The monoisotopic (exact) mass is 344 g/mol. The zero-order chi connectivity index (χ0) is 17.6. The van der Waals surface area contributed by atoms with Gasteiger partial charge in [0.2, 0.25) is 0 Å². The third kappa shape index (κ3) is 4.76. The van der Waals surface area contributed by atoms with Crippen molar-refractivity contribution in [2.24, 2.45) is 5.92 Å². The first-order valence-electron chi connectivity index (χ1n) is 8.35. The summed E-state index contributed by atoms with van der Waals surface area (Å²) in [6.45, 7) is 0.758. The summed E-state index contributed by atoms with van der Waals surface area (Å²) in [7, 11) is 0. The molecule has 1 N–H and O–H groups in total. The number of halogens is 1. The number of carbonyl (C=O) groups excluding carboxylic acids is 1. The first-order valence-corrected chi connectivity index (χ1v) is 8.35. The number of hydrogen-bond donors (Lipinski definition) is 1. The van der Waals surface area contributed by atoms with Crippen LogP contribution in [0.2, 0.25) is 0 Å². The number of hydrogen-bond acceptors (Lipinski definition) is 4. The number of ether oxygens (including phenoxy) is 1. The van der Waals surface area contributed by atoms with Crippen molar-refractivity contribution in [3.05, 3.63) is 60.2 Å². The number of likely N-dealkylation sites (tertiary alicyclic amines) is 1. The van der Waals surface area contributed by atoms with Gasteiger partial charge in [0.05, 0.1) is 12.3 Å². The van der Waals surface area contributed by atoms with Crippen molar-refractivity contribution >= 4 is 5.91 Å². The lowest BCUT2D eigenvalue weighted by molar-refractivity contribution is -0.137. The molecule has 1 aliphatic rings.